The molecule has 1 aliphatic heterocycles. The average Bonchev–Trinajstić information content (AvgIpc) is 2.60. The first-order valence-electron chi connectivity index (χ1n) is 8.97. The number of nitrogens with one attached hydrogen (secondary N) is 1. The minimum Gasteiger partial charge on any atom is -0.469 e. The van der Waals surface area contributed by atoms with Crippen LogP contribution in [0.15, 0.2) is 18.2 Å². The summed E-state index contributed by atoms with van der Waals surface area (Å²) in [6.45, 7) is 7.76. The number of esters is 1. The van der Waals surface area contributed by atoms with Crippen LogP contribution in [0, 0.1) is 19.8 Å². The first kappa shape index (κ1) is 19.9. The van der Waals surface area contributed by atoms with Crippen LogP contribution in [-0.4, -0.2) is 42.5 Å². The van der Waals surface area contributed by atoms with E-state index in [2.05, 4.69) is 11.4 Å². The lowest BCUT2D eigenvalue weighted by Crippen LogP contribution is -2.55. The predicted octanol–water partition coefficient (Wildman–Crippen LogP) is 2.28. The maximum atomic E-state index is 12.8. The van der Waals surface area contributed by atoms with Crippen molar-refractivity contribution in [2.45, 2.75) is 52.6 Å². The molecule has 142 valence electrons. The van der Waals surface area contributed by atoms with Gasteiger partial charge < -0.3 is 15.0 Å². The van der Waals surface area contributed by atoms with Gasteiger partial charge in [-0.05, 0) is 44.7 Å². The molecule has 1 aromatic carbocycles. The van der Waals surface area contributed by atoms with Crippen molar-refractivity contribution in [3.63, 3.8) is 0 Å². The number of rotatable bonds is 4. The lowest BCUT2D eigenvalue weighted by Gasteiger charge is -2.38. The van der Waals surface area contributed by atoms with Gasteiger partial charge in [0.05, 0.1) is 18.9 Å². The molecule has 3 atom stereocenters. The number of likely N-dealkylation sites (tertiary alicyclic amines) is 1. The summed E-state index contributed by atoms with van der Waals surface area (Å²) < 4.78 is 4.83. The molecule has 6 heteroatoms. The van der Waals surface area contributed by atoms with E-state index in [0.717, 1.165) is 16.7 Å². The summed E-state index contributed by atoms with van der Waals surface area (Å²) in [5, 5.41) is 2.96. The van der Waals surface area contributed by atoms with Crippen LogP contribution in [0.25, 0.3) is 0 Å². The zero-order chi connectivity index (χ0) is 19.4. The Bertz CT molecular complexity index is 701. The van der Waals surface area contributed by atoms with Gasteiger partial charge in [-0.15, -0.1) is 0 Å². The highest BCUT2D eigenvalue weighted by atomic mass is 16.5. The fourth-order valence-electron chi connectivity index (χ4n) is 3.60. The molecule has 0 spiro atoms. The number of hydrogen-bond acceptors (Lipinski definition) is 4. The van der Waals surface area contributed by atoms with Crippen LogP contribution in [0.5, 0.6) is 0 Å². The Balaban J connectivity index is 2.14. The number of aryl methyl sites for hydroxylation is 2. The Kier molecular flexibility index (Phi) is 6.40. The lowest BCUT2D eigenvalue weighted by molar-refractivity contribution is -0.151. The highest BCUT2D eigenvalue weighted by Gasteiger charge is 2.35. The van der Waals surface area contributed by atoms with Gasteiger partial charge in [-0.2, -0.15) is 0 Å². The molecule has 0 radical (unpaired) electrons. The van der Waals surface area contributed by atoms with Crippen molar-refractivity contribution in [1.82, 2.24) is 10.2 Å². The van der Waals surface area contributed by atoms with Gasteiger partial charge in [-0.1, -0.05) is 23.8 Å². The molecule has 3 unspecified atom stereocenters. The van der Waals surface area contributed by atoms with Crippen molar-refractivity contribution in [2.24, 2.45) is 5.92 Å². The number of benzene rings is 1. The van der Waals surface area contributed by atoms with Crippen LogP contribution in [0.3, 0.4) is 0 Å². The molecule has 0 aromatic heterocycles. The number of methoxy groups -OCH3 is 1. The topological polar surface area (TPSA) is 75.7 Å². The van der Waals surface area contributed by atoms with Gasteiger partial charge in [0.1, 0.15) is 6.17 Å². The molecular weight excluding hydrogens is 332 g/mol. The van der Waals surface area contributed by atoms with Gasteiger partial charge in [0.2, 0.25) is 11.8 Å². The van der Waals surface area contributed by atoms with E-state index in [1.165, 1.54) is 14.0 Å². The van der Waals surface area contributed by atoms with Crippen LogP contribution < -0.4 is 5.32 Å². The summed E-state index contributed by atoms with van der Waals surface area (Å²) in [6, 6.07) is 6.01. The molecule has 1 fully saturated rings. The van der Waals surface area contributed by atoms with Gasteiger partial charge in [0.25, 0.3) is 0 Å². The highest BCUT2D eigenvalue weighted by molar-refractivity contribution is 5.85. The van der Waals surface area contributed by atoms with E-state index in [4.69, 9.17) is 4.74 Å². The van der Waals surface area contributed by atoms with Crippen LogP contribution in [0.4, 0.5) is 0 Å². The van der Waals surface area contributed by atoms with Crippen molar-refractivity contribution >= 4 is 17.8 Å². The van der Waals surface area contributed by atoms with E-state index in [1.807, 2.05) is 32.9 Å². The number of piperidine rings is 1. The Morgan fingerprint density at radius 2 is 1.96 bits per heavy atom. The third-order valence-electron chi connectivity index (χ3n) is 5.14. The molecule has 1 heterocycles. The Morgan fingerprint density at radius 3 is 2.54 bits per heavy atom. The molecule has 1 aromatic rings. The normalized spacial score (nSPS) is 21.0. The molecular formula is C20H28N2O4. The zero-order valence-corrected chi connectivity index (χ0v) is 16.2. The minimum atomic E-state index is -0.494. The fraction of sp³-hybridized carbons (Fsp3) is 0.550. The second-order valence-corrected chi connectivity index (χ2v) is 7.06. The zero-order valence-electron chi connectivity index (χ0n) is 16.2. The van der Waals surface area contributed by atoms with E-state index >= 15 is 0 Å². The fourth-order valence-corrected chi connectivity index (χ4v) is 3.60. The maximum absolute atomic E-state index is 12.8. The second kappa shape index (κ2) is 8.34. The van der Waals surface area contributed by atoms with Gasteiger partial charge in [0.15, 0.2) is 0 Å². The summed E-state index contributed by atoms with van der Waals surface area (Å²) >= 11 is 0. The minimum absolute atomic E-state index is 0.113. The van der Waals surface area contributed by atoms with E-state index in [1.54, 1.807) is 4.90 Å². The van der Waals surface area contributed by atoms with Gasteiger partial charge in [-0.3, -0.25) is 14.4 Å². The summed E-state index contributed by atoms with van der Waals surface area (Å²) in [5.41, 5.74) is 3.17. The van der Waals surface area contributed by atoms with Crippen LogP contribution in [-0.2, 0) is 19.1 Å². The second-order valence-electron chi connectivity index (χ2n) is 7.06. The number of ether oxygens (including phenoxy) is 1. The summed E-state index contributed by atoms with van der Waals surface area (Å²) in [4.78, 5) is 38.2. The molecule has 6 nitrogen and oxygen atoms in total. The van der Waals surface area contributed by atoms with Crippen LogP contribution >= 0.6 is 0 Å². The summed E-state index contributed by atoms with van der Waals surface area (Å²) in [7, 11) is 1.36. The van der Waals surface area contributed by atoms with E-state index < -0.39 is 6.17 Å². The third-order valence-corrected chi connectivity index (χ3v) is 5.14. The number of nitrogens with zero attached hydrogens (tertiary/aromatic N) is 1. The van der Waals surface area contributed by atoms with Crippen molar-refractivity contribution < 1.29 is 19.1 Å². The van der Waals surface area contributed by atoms with Gasteiger partial charge in [-0.25, -0.2) is 0 Å². The van der Waals surface area contributed by atoms with E-state index in [9.17, 15) is 14.4 Å². The SMILES string of the molecule is COC(=O)C1CCN(C(C)=O)C(NC(=O)C(C)c2ccc(C)cc2C)C1. The predicted molar refractivity (Wildman–Crippen MR) is 98.4 cm³/mol. The number of carbonyl (C=O) groups is 3. The van der Waals surface area contributed by atoms with Crippen molar-refractivity contribution in [3.8, 4) is 0 Å². The van der Waals surface area contributed by atoms with E-state index in [0.29, 0.717) is 19.4 Å². The van der Waals surface area contributed by atoms with Crippen LogP contribution in [0.2, 0.25) is 0 Å². The first-order valence-corrected chi connectivity index (χ1v) is 8.97. The molecule has 0 bridgehead atoms. The van der Waals surface area contributed by atoms with Crippen molar-refractivity contribution in [1.29, 1.82) is 0 Å². The van der Waals surface area contributed by atoms with E-state index in [-0.39, 0.29) is 29.6 Å². The van der Waals surface area contributed by atoms with Gasteiger partial charge in [0, 0.05) is 13.5 Å². The molecule has 1 saturated heterocycles. The number of hydrogen-bond donors (Lipinski definition) is 1. The summed E-state index contributed by atoms with van der Waals surface area (Å²) in [5.74, 6) is -1.22. The average molecular weight is 360 g/mol. The Labute approximate surface area is 154 Å². The largest absolute Gasteiger partial charge is 0.469 e. The smallest absolute Gasteiger partial charge is 0.308 e. The van der Waals surface area contributed by atoms with Gasteiger partial charge >= 0.3 is 5.97 Å². The maximum Gasteiger partial charge on any atom is 0.308 e. The molecule has 1 aliphatic rings. The first-order chi connectivity index (χ1) is 12.2. The van der Waals surface area contributed by atoms with Crippen molar-refractivity contribution in [2.75, 3.05) is 13.7 Å². The molecule has 0 saturated carbocycles. The molecule has 0 aliphatic carbocycles. The van der Waals surface area contributed by atoms with Crippen LogP contribution in [0.1, 0.15) is 49.3 Å². The standard InChI is InChI=1S/C20H28N2O4/c1-12-6-7-17(13(2)10-12)14(3)19(24)21-18-11-16(20(25)26-5)8-9-22(18)15(4)23/h6-7,10,14,16,18H,8-9,11H2,1-5H3,(H,21,24). The molecule has 26 heavy (non-hydrogen) atoms. The highest BCUT2D eigenvalue weighted by Crippen LogP contribution is 2.25. The molecule has 1 N–H and O–H groups in total. The number of carbonyl (C=O) groups excluding carboxylic acids is 3. The quantitative estimate of drug-likeness (QED) is 0.836. The lowest BCUT2D eigenvalue weighted by atomic mass is 9.92. The Morgan fingerprint density at radius 1 is 1.27 bits per heavy atom. The molecule has 2 rings (SSSR count). The third kappa shape index (κ3) is 4.42. The Hall–Kier alpha value is -2.37. The monoisotopic (exact) mass is 360 g/mol. The van der Waals surface area contributed by atoms with Crippen molar-refractivity contribution in [3.05, 3.63) is 34.9 Å². The summed E-state index contributed by atoms with van der Waals surface area (Å²) in [6.07, 6.45) is 0.425. The molecule has 2 amide bonds. The number of amides is 2.